The molecule has 0 amide bonds. The van der Waals surface area contributed by atoms with E-state index in [1.807, 2.05) is 0 Å². The molecule has 0 aliphatic carbocycles. The predicted molar refractivity (Wildman–Crippen MR) is 152 cm³/mol. The van der Waals surface area contributed by atoms with Crippen LogP contribution in [0.5, 0.6) is 0 Å². The zero-order valence-electron chi connectivity index (χ0n) is 22.6. The average molecular weight is 566 g/mol. The van der Waals surface area contributed by atoms with Gasteiger partial charge >= 0.3 is 23.1 Å². The average Bonchev–Trinajstić information content (AvgIpc) is 2.86. The molecule has 2 fully saturated rings. The van der Waals surface area contributed by atoms with Crippen LogP contribution in [0.25, 0.3) is 0 Å². The Morgan fingerprint density at radius 2 is 1.00 bits per heavy atom. The van der Waals surface area contributed by atoms with Crippen molar-refractivity contribution in [2.24, 2.45) is 0 Å². The van der Waals surface area contributed by atoms with Gasteiger partial charge in [-0.3, -0.25) is 0 Å². The molecule has 0 N–H and O–H groups in total. The summed E-state index contributed by atoms with van der Waals surface area (Å²) in [6.07, 6.45) is 25.1. The van der Waals surface area contributed by atoms with E-state index in [4.69, 9.17) is 30.5 Å². The first-order chi connectivity index (χ1) is 16.4. The Bertz CT molecular complexity index is 382. The monoisotopic (exact) mass is 564 g/mol. The molecule has 2 saturated heterocycles. The van der Waals surface area contributed by atoms with Crippen LogP contribution in [0.4, 0.5) is 0 Å². The second-order valence-corrected chi connectivity index (χ2v) is 9.85. The van der Waals surface area contributed by atoms with Crippen LogP contribution in [0.15, 0.2) is 0 Å². The van der Waals surface area contributed by atoms with Crippen molar-refractivity contribution in [3.05, 3.63) is 6.92 Å². The zero-order chi connectivity index (χ0) is 23.7. The number of unbranched alkanes of at least 4 members (excludes halogenated alkanes) is 12. The summed E-state index contributed by atoms with van der Waals surface area (Å²) in [6.45, 7) is 7.36. The molecule has 0 aromatic carbocycles. The largest absolute Gasteiger partial charge is 2.00 e. The van der Waals surface area contributed by atoms with Crippen molar-refractivity contribution < 1.29 is 31.4 Å². The van der Waals surface area contributed by atoms with Gasteiger partial charge in [0, 0.05) is 32.3 Å². The van der Waals surface area contributed by atoms with Crippen molar-refractivity contribution in [3.63, 3.8) is 0 Å². The number of alkyl halides is 1. The summed E-state index contributed by atoms with van der Waals surface area (Å²) >= 11 is 5.63. The van der Waals surface area contributed by atoms with E-state index in [1.165, 1.54) is 109 Å². The number of rotatable bonds is 19. The van der Waals surface area contributed by atoms with Crippen LogP contribution >= 0.6 is 11.6 Å². The Morgan fingerprint density at radius 1 is 0.611 bits per heavy atom. The molecule has 0 radical (unpaired) electrons. The first-order valence-corrected chi connectivity index (χ1v) is 14.7. The van der Waals surface area contributed by atoms with Gasteiger partial charge in [-0.05, 0) is 57.8 Å². The molecule has 2 aliphatic rings. The van der Waals surface area contributed by atoms with Gasteiger partial charge < -0.3 is 38.3 Å². The van der Waals surface area contributed by atoms with E-state index in [9.17, 15) is 0 Å². The standard InChI is InChI=1S/C14H27ClO2.C14H27O2.CH4.ClH.Mg/c15-11-7-4-2-1-3-5-8-12-16-14-10-6-9-13-17-14;1-2-3-4-5-6-7-9-12-15-14-11-8-10-13-16-14;;;/h14H,1-13H2;14H,1-13H2;1H4;1H;/q;-1;;;+2/p-1. The molecular weight excluding hydrogens is 508 g/mol. The maximum Gasteiger partial charge on any atom is 2.00 e. The molecule has 4 nitrogen and oxygen atoms in total. The second-order valence-electron chi connectivity index (χ2n) is 9.47. The van der Waals surface area contributed by atoms with Crippen molar-refractivity contribution in [3.8, 4) is 0 Å². The Hall–Kier alpha value is 1.19. The molecule has 2 atom stereocenters. The topological polar surface area (TPSA) is 36.9 Å². The summed E-state index contributed by atoms with van der Waals surface area (Å²) in [6, 6.07) is 0. The van der Waals surface area contributed by atoms with Crippen LogP contribution in [0.3, 0.4) is 0 Å². The molecular formula is C29H58Cl2MgO4. The van der Waals surface area contributed by atoms with Gasteiger partial charge in [-0.15, -0.1) is 11.6 Å². The van der Waals surface area contributed by atoms with E-state index in [-0.39, 0.29) is 55.5 Å². The van der Waals surface area contributed by atoms with Crippen LogP contribution < -0.4 is 12.4 Å². The molecule has 2 heterocycles. The number of hydrogen-bond acceptors (Lipinski definition) is 4. The Labute approximate surface area is 252 Å². The molecule has 0 bridgehead atoms. The third kappa shape index (κ3) is 28.2. The van der Waals surface area contributed by atoms with Gasteiger partial charge in [0.05, 0.1) is 0 Å². The molecule has 0 saturated carbocycles. The summed E-state index contributed by atoms with van der Waals surface area (Å²) in [5.74, 6) is 0.815. The zero-order valence-corrected chi connectivity index (χ0v) is 25.6. The van der Waals surface area contributed by atoms with E-state index in [0.717, 1.165) is 51.6 Å². The third-order valence-electron chi connectivity index (χ3n) is 6.31. The van der Waals surface area contributed by atoms with Crippen LogP contribution in [0.1, 0.15) is 136 Å². The fraction of sp³-hybridized carbons (Fsp3) is 0.966. The van der Waals surface area contributed by atoms with Gasteiger partial charge in [-0.1, -0.05) is 71.6 Å². The maximum atomic E-state index is 5.69. The van der Waals surface area contributed by atoms with Crippen molar-refractivity contribution in [2.75, 3.05) is 32.3 Å². The van der Waals surface area contributed by atoms with Gasteiger partial charge in [0.25, 0.3) is 0 Å². The first kappa shape index (κ1) is 41.7. The SMILES string of the molecule is C.ClCCCCCCCCCOC1CCCCO1.[CH2-]CCCCCCCCOC1CCCCO1.[Cl-].[Mg+2]. The van der Waals surface area contributed by atoms with Gasteiger partial charge in [-0.25, -0.2) is 0 Å². The molecule has 2 unspecified atom stereocenters. The molecule has 0 aromatic heterocycles. The molecule has 2 rings (SSSR count). The van der Waals surface area contributed by atoms with E-state index < -0.39 is 0 Å². The summed E-state index contributed by atoms with van der Waals surface area (Å²) in [5.41, 5.74) is 0. The minimum atomic E-state index is 0. The summed E-state index contributed by atoms with van der Waals surface area (Å²) in [4.78, 5) is 0. The molecule has 0 spiro atoms. The van der Waals surface area contributed by atoms with E-state index >= 15 is 0 Å². The summed E-state index contributed by atoms with van der Waals surface area (Å²) in [5, 5.41) is 0. The van der Waals surface area contributed by atoms with Crippen molar-refractivity contribution >= 4 is 34.7 Å². The minimum Gasteiger partial charge on any atom is -1.00 e. The van der Waals surface area contributed by atoms with Crippen LogP contribution in [-0.4, -0.2) is 67.9 Å². The Morgan fingerprint density at radius 3 is 1.36 bits per heavy atom. The van der Waals surface area contributed by atoms with Gasteiger partial charge in [0.15, 0.2) is 12.6 Å². The molecule has 214 valence electrons. The Balaban J connectivity index is -0.000000559. The van der Waals surface area contributed by atoms with Crippen LogP contribution in [0, 0.1) is 6.92 Å². The summed E-state index contributed by atoms with van der Waals surface area (Å²) < 4.78 is 22.4. The van der Waals surface area contributed by atoms with Gasteiger partial charge in [-0.2, -0.15) is 6.42 Å². The summed E-state index contributed by atoms with van der Waals surface area (Å²) in [7, 11) is 0. The molecule has 36 heavy (non-hydrogen) atoms. The number of hydrogen-bond donors (Lipinski definition) is 0. The van der Waals surface area contributed by atoms with E-state index in [0.29, 0.717) is 0 Å². The minimum absolute atomic E-state index is 0. The smallest absolute Gasteiger partial charge is 1.00 e. The number of halogens is 2. The Kier molecular flexibility index (Phi) is 39.6. The van der Waals surface area contributed by atoms with Crippen molar-refractivity contribution in [1.29, 1.82) is 0 Å². The number of ether oxygens (including phenoxy) is 4. The molecule has 0 aromatic rings. The van der Waals surface area contributed by atoms with Crippen molar-refractivity contribution in [1.82, 2.24) is 0 Å². The van der Waals surface area contributed by atoms with E-state index in [1.54, 1.807) is 0 Å². The first-order valence-electron chi connectivity index (χ1n) is 14.2. The normalized spacial score (nSPS) is 19.2. The van der Waals surface area contributed by atoms with Gasteiger partial charge in [0.2, 0.25) is 0 Å². The van der Waals surface area contributed by atoms with Crippen LogP contribution in [-0.2, 0) is 18.9 Å². The molecule has 7 heteroatoms. The van der Waals surface area contributed by atoms with E-state index in [2.05, 4.69) is 6.92 Å². The third-order valence-corrected chi connectivity index (χ3v) is 6.57. The fourth-order valence-corrected chi connectivity index (χ4v) is 4.37. The van der Waals surface area contributed by atoms with Crippen LogP contribution in [0.2, 0.25) is 0 Å². The second kappa shape index (κ2) is 34.2. The molecule has 2 aliphatic heterocycles. The predicted octanol–water partition coefficient (Wildman–Crippen LogP) is 5.85. The maximum absolute atomic E-state index is 5.69. The fourth-order valence-electron chi connectivity index (χ4n) is 4.18. The van der Waals surface area contributed by atoms with Gasteiger partial charge in [0.1, 0.15) is 0 Å². The quantitative estimate of drug-likeness (QED) is 0.0852. The van der Waals surface area contributed by atoms with Crippen molar-refractivity contribution in [2.45, 2.75) is 148 Å².